The van der Waals surface area contributed by atoms with Crippen molar-refractivity contribution in [3.8, 4) is 28.5 Å². The van der Waals surface area contributed by atoms with Gasteiger partial charge in [-0.25, -0.2) is 4.98 Å². The van der Waals surface area contributed by atoms with E-state index in [4.69, 9.17) is 4.98 Å². The number of nitrogens with zero attached hydrogens (tertiary/aromatic N) is 5. The number of pyridine rings is 2. The molecule has 0 aliphatic rings. The molecule has 35 heavy (non-hydrogen) atoms. The van der Waals surface area contributed by atoms with Crippen LogP contribution in [0.25, 0.3) is 44.2 Å². The fourth-order valence-electron chi connectivity index (χ4n) is 4.11. The molecule has 7 nitrogen and oxygen atoms in total. The number of rotatable bonds is 4. The highest BCUT2D eigenvalue weighted by Gasteiger charge is 2.20. The van der Waals surface area contributed by atoms with Crippen molar-refractivity contribution in [1.82, 2.24) is 25.1 Å². The Morgan fingerprint density at radius 1 is 0.943 bits per heavy atom. The molecule has 2 aromatic carbocycles. The van der Waals surface area contributed by atoms with Gasteiger partial charge in [-0.15, -0.1) is 0 Å². The number of carbonyl (C=O) groups excluding carboxylic acids is 1. The molecule has 0 aliphatic heterocycles. The highest BCUT2D eigenvalue weighted by atomic mass is 16.2. The predicted molar refractivity (Wildman–Crippen MR) is 137 cm³/mol. The highest BCUT2D eigenvalue weighted by molar-refractivity contribution is 6.10. The van der Waals surface area contributed by atoms with Gasteiger partial charge in [0, 0.05) is 42.2 Å². The quantitative estimate of drug-likeness (QED) is 0.390. The number of nitrogens with one attached hydrogen (secondary N) is 1. The molecule has 0 bridgehead atoms. The van der Waals surface area contributed by atoms with Crippen LogP contribution in [0.3, 0.4) is 0 Å². The normalized spacial score (nSPS) is 11.5. The lowest BCUT2D eigenvalue weighted by Gasteiger charge is -2.16. The first-order chi connectivity index (χ1) is 16.8. The van der Waals surface area contributed by atoms with Gasteiger partial charge in [0.15, 0.2) is 0 Å². The maximum Gasteiger partial charge on any atom is 0.271 e. The van der Waals surface area contributed by atoms with Gasteiger partial charge in [0.05, 0.1) is 34.4 Å². The second kappa shape index (κ2) is 8.33. The van der Waals surface area contributed by atoms with E-state index in [9.17, 15) is 10.1 Å². The van der Waals surface area contributed by atoms with Gasteiger partial charge in [-0.2, -0.15) is 10.4 Å². The Kier molecular flexibility index (Phi) is 5.29. The molecular formula is C28H24N6O. The Balaban J connectivity index is 1.57. The van der Waals surface area contributed by atoms with Crippen LogP contribution in [-0.4, -0.2) is 45.1 Å². The van der Waals surface area contributed by atoms with Crippen molar-refractivity contribution >= 4 is 27.7 Å². The SMILES string of the molecule is CN(C)C(=O)c1ccc(-c2ccc3nc(-c4ccc(C(C)(C)C#N)cc4)c4[nH]ncc4c3c2)cn1. The first kappa shape index (κ1) is 22.2. The summed E-state index contributed by atoms with van der Waals surface area (Å²) in [4.78, 5) is 22.9. The van der Waals surface area contributed by atoms with Crippen LogP contribution in [0, 0.1) is 11.3 Å². The van der Waals surface area contributed by atoms with Gasteiger partial charge in [0.25, 0.3) is 5.91 Å². The topological polar surface area (TPSA) is 98.6 Å². The third-order valence-corrected chi connectivity index (χ3v) is 6.28. The number of amides is 1. The first-order valence-electron chi connectivity index (χ1n) is 11.3. The number of hydrogen-bond acceptors (Lipinski definition) is 5. The Morgan fingerprint density at radius 3 is 2.31 bits per heavy atom. The summed E-state index contributed by atoms with van der Waals surface area (Å²) in [5, 5.41) is 18.8. The summed E-state index contributed by atoms with van der Waals surface area (Å²) in [6.07, 6.45) is 3.54. The minimum Gasteiger partial charge on any atom is -0.343 e. The summed E-state index contributed by atoms with van der Waals surface area (Å²) in [6.45, 7) is 3.81. The van der Waals surface area contributed by atoms with E-state index in [2.05, 4.69) is 27.3 Å². The van der Waals surface area contributed by atoms with Crippen LogP contribution in [0.1, 0.15) is 29.9 Å². The van der Waals surface area contributed by atoms with Crippen LogP contribution < -0.4 is 0 Å². The molecule has 0 unspecified atom stereocenters. The first-order valence-corrected chi connectivity index (χ1v) is 11.3. The van der Waals surface area contributed by atoms with Gasteiger partial charge in [0.2, 0.25) is 0 Å². The molecule has 3 aromatic heterocycles. The van der Waals surface area contributed by atoms with E-state index in [0.717, 1.165) is 49.8 Å². The van der Waals surface area contributed by atoms with E-state index in [0.29, 0.717) is 5.69 Å². The maximum atomic E-state index is 12.1. The van der Waals surface area contributed by atoms with Crippen LogP contribution in [0.15, 0.2) is 67.0 Å². The number of aromatic nitrogens is 4. The smallest absolute Gasteiger partial charge is 0.271 e. The third-order valence-electron chi connectivity index (χ3n) is 6.28. The summed E-state index contributed by atoms with van der Waals surface area (Å²) in [7, 11) is 3.42. The van der Waals surface area contributed by atoms with Crippen LogP contribution in [0.5, 0.6) is 0 Å². The average Bonchev–Trinajstić information content (AvgIpc) is 3.38. The molecule has 3 heterocycles. The molecule has 0 fully saturated rings. The molecule has 0 radical (unpaired) electrons. The minimum absolute atomic E-state index is 0.129. The second-order valence-electron chi connectivity index (χ2n) is 9.30. The lowest BCUT2D eigenvalue weighted by molar-refractivity contribution is 0.0822. The van der Waals surface area contributed by atoms with Crippen LogP contribution in [-0.2, 0) is 5.41 Å². The van der Waals surface area contributed by atoms with Crippen molar-refractivity contribution in [3.05, 3.63) is 78.2 Å². The van der Waals surface area contributed by atoms with E-state index in [1.54, 1.807) is 26.4 Å². The molecule has 0 saturated carbocycles. The van der Waals surface area contributed by atoms with Crippen molar-refractivity contribution in [1.29, 1.82) is 5.26 Å². The lowest BCUT2D eigenvalue weighted by Crippen LogP contribution is -2.22. The summed E-state index contributed by atoms with van der Waals surface area (Å²) in [6, 6.07) is 20.0. The summed E-state index contributed by atoms with van der Waals surface area (Å²) < 4.78 is 0. The van der Waals surface area contributed by atoms with Gasteiger partial charge in [0.1, 0.15) is 5.69 Å². The highest BCUT2D eigenvalue weighted by Crippen LogP contribution is 2.34. The van der Waals surface area contributed by atoms with Crippen molar-refractivity contribution in [2.45, 2.75) is 19.3 Å². The molecule has 5 rings (SSSR count). The molecule has 172 valence electrons. The number of benzene rings is 2. The molecule has 5 aromatic rings. The third kappa shape index (κ3) is 3.89. The predicted octanol–water partition coefficient (Wildman–Crippen LogP) is 5.34. The molecule has 1 N–H and O–H groups in total. The summed E-state index contributed by atoms with van der Waals surface area (Å²) in [5.41, 5.74) is 6.18. The van der Waals surface area contributed by atoms with Crippen molar-refractivity contribution < 1.29 is 4.79 Å². The van der Waals surface area contributed by atoms with Crippen LogP contribution in [0.4, 0.5) is 0 Å². The number of fused-ring (bicyclic) bond motifs is 3. The second-order valence-corrected chi connectivity index (χ2v) is 9.30. The number of H-pyrrole nitrogens is 1. The molecule has 0 aliphatic carbocycles. The van der Waals surface area contributed by atoms with Crippen molar-refractivity contribution in [3.63, 3.8) is 0 Å². The van der Waals surface area contributed by atoms with Crippen LogP contribution >= 0.6 is 0 Å². The lowest BCUT2D eigenvalue weighted by atomic mass is 9.86. The number of aromatic amines is 1. The standard InChI is InChI=1S/C28H24N6O/c1-28(2,16-29)20-9-5-17(6-10-20)25-26-22(15-31-33-26)21-13-18(7-11-23(21)32-25)19-8-12-24(30-14-19)27(35)34(3)4/h5-15H,1-4H3,(H,31,33). The Hall–Kier alpha value is -4.57. The zero-order valence-corrected chi connectivity index (χ0v) is 20.0. The summed E-state index contributed by atoms with van der Waals surface area (Å²) in [5.74, 6) is -0.129. The Bertz CT molecular complexity index is 1610. The monoisotopic (exact) mass is 460 g/mol. The minimum atomic E-state index is -0.554. The average molecular weight is 461 g/mol. The largest absolute Gasteiger partial charge is 0.343 e. The molecule has 0 spiro atoms. The summed E-state index contributed by atoms with van der Waals surface area (Å²) >= 11 is 0. The van der Waals surface area contributed by atoms with Crippen molar-refractivity contribution in [2.24, 2.45) is 0 Å². The molecule has 1 amide bonds. The fraction of sp³-hybridized carbons (Fsp3) is 0.179. The fourth-order valence-corrected chi connectivity index (χ4v) is 4.11. The van der Waals surface area contributed by atoms with E-state index in [-0.39, 0.29) is 5.91 Å². The van der Waals surface area contributed by atoms with E-state index in [1.807, 2.05) is 62.5 Å². The molecular weight excluding hydrogens is 436 g/mol. The van der Waals surface area contributed by atoms with E-state index < -0.39 is 5.41 Å². The Labute approximate surface area is 203 Å². The van der Waals surface area contributed by atoms with Gasteiger partial charge < -0.3 is 4.90 Å². The molecule has 0 atom stereocenters. The zero-order chi connectivity index (χ0) is 24.7. The zero-order valence-electron chi connectivity index (χ0n) is 20.0. The molecule has 0 saturated heterocycles. The van der Waals surface area contributed by atoms with E-state index >= 15 is 0 Å². The number of hydrogen-bond donors (Lipinski definition) is 1. The Morgan fingerprint density at radius 2 is 1.66 bits per heavy atom. The number of nitriles is 1. The van der Waals surface area contributed by atoms with E-state index in [1.165, 1.54) is 4.90 Å². The maximum absolute atomic E-state index is 12.1. The van der Waals surface area contributed by atoms with Gasteiger partial charge in [-0.3, -0.25) is 14.9 Å². The van der Waals surface area contributed by atoms with Gasteiger partial charge in [-0.1, -0.05) is 36.4 Å². The van der Waals surface area contributed by atoms with Crippen molar-refractivity contribution in [2.75, 3.05) is 14.1 Å². The number of carbonyl (C=O) groups is 1. The van der Waals surface area contributed by atoms with Crippen LogP contribution in [0.2, 0.25) is 0 Å². The van der Waals surface area contributed by atoms with Gasteiger partial charge >= 0.3 is 0 Å². The van der Waals surface area contributed by atoms with Gasteiger partial charge in [-0.05, 0) is 43.2 Å². The molecule has 7 heteroatoms.